The summed E-state index contributed by atoms with van der Waals surface area (Å²) < 4.78 is 1.97. The summed E-state index contributed by atoms with van der Waals surface area (Å²) in [5.74, 6) is 0.438. The van der Waals surface area contributed by atoms with Crippen molar-refractivity contribution in [3.05, 3.63) is 36.2 Å². The van der Waals surface area contributed by atoms with E-state index in [1.165, 1.54) is 11.8 Å². The van der Waals surface area contributed by atoms with Crippen LogP contribution in [0, 0.1) is 0 Å². The van der Waals surface area contributed by atoms with Gasteiger partial charge in [-0.25, -0.2) is 0 Å². The zero-order chi connectivity index (χ0) is 17.7. The fourth-order valence-corrected chi connectivity index (χ4v) is 3.17. The van der Waals surface area contributed by atoms with Crippen molar-refractivity contribution in [2.24, 2.45) is 0 Å². The molecule has 0 fully saturated rings. The molecule has 0 aliphatic carbocycles. The van der Waals surface area contributed by atoms with Crippen LogP contribution in [0.25, 0.3) is 0 Å². The van der Waals surface area contributed by atoms with E-state index in [1.54, 1.807) is 11.2 Å². The molecule has 1 aromatic heterocycles. The lowest BCUT2D eigenvalue weighted by Gasteiger charge is -2.18. The van der Waals surface area contributed by atoms with Gasteiger partial charge in [0.25, 0.3) is 0 Å². The molecule has 0 saturated carbocycles. The Morgan fingerprint density at radius 1 is 1.21 bits per heavy atom. The van der Waals surface area contributed by atoms with Crippen molar-refractivity contribution in [2.45, 2.75) is 31.6 Å². The molecule has 0 bridgehead atoms. The molecule has 0 spiro atoms. The van der Waals surface area contributed by atoms with Crippen LogP contribution < -0.4 is 4.90 Å². The predicted octanol–water partition coefficient (Wildman–Crippen LogP) is 2.68. The van der Waals surface area contributed by atoms with Crippen LogP contribution in [0.2, 0.25) is 0 Å². The number of carbonyl (C=O) groups is 1. The molecule has 2 aromatic rings. The van der Waals surface area contributed by atoms with Gasteiger partial charge in [0.15, 0.2) is 5.16 Å². The van der Waals surface area contributed by atoms with Gasteiger partial charge >= 0.3 is 0 Å². The Labute approximate surface area is 147 Å². The first-order chi connectivity index (χ1) is 11.4. The minimum Gasteiger partial charge on any atom is -0.378 e. The molecule has 1 aromatic carbocycles. The second-order valence-corrected chi connectivity index (χ2v) is 7.16. The second kappa shape index (κ2) is 8.19. The standard InChI is InChI=1S/C17H25N5OS/c1-13(2)22-12-18-19-17(22)24-11-16(23)21(5)10-14-6-8-15(9-7-14)20(3)4/h6-9,12-13H,10-11H2,1-5H3. The van der Waals surface area contributed by atoms with Crippen molar-refractivity contribution in [1.29, 1.82) is 0 Å². The van der Waals surface area contributed by atoms with E-state index in [0.29, 0.717) is 12.3 Å². The molecule has 1 heterocycles. The second-order valence-electron chi connectivity index (χ2n) is 6.21. The van der Waals surface area contributed by atoms with Crippen LogP contribution in [0.5, 0.6) is 0 Å². The Morgan fingerprint density at radius 2 is 1.88 bits per heavy atom. The molecule has 0 radical (unpaired) electrons. The number of carbonyl (C=O) groups excluding carboxylic acids is 1. The van der Waals surface area contributed by atoms with Crippen LogP contribution in [-0.4, -0.2) is 52.5 Å². The van der Waals surface area contributed by atoms with Crippen LogP contribution >= 0.6 is 11.8 Å². The van der Waals surface area contributed by atoms with Gasteiger partial charge in [-0.1, -0.05) is 23.9 Å². The molecule has 0 N–H and O–H groups in total. The first-order valence-electron chi connectivity index (χ1n) is 7.91. The maximum Gasteiger partial charge on any atom is 0.233 e. The molecule has 0 atom stereocenters. The van der Waals surface area contributed by atoms with E-state index in [9.17, 15) is 4.79 Å². The summed E-state index contributed by atoms with van der Waals surface area (Å²) in [6.45, 7) is 4.74. The van der Waals surface area contributed by atoms with Gasteiger partial charge in [-0.2, -0.15) is 0 Å². The Morgan fingerprint density at radius 3 is 2.46 bits per heavy atom. The number of anilines is 1. The maximum absolute atomic E-state index is 12.3. The predicted molar refractivity (Wildman–Crippen MR) is 98.4 cm³/mol. The summed E-state index contributed by atoms with van der Waals surface area (Å²) in [7, 11) is 5.85. The highest BCUT2D eigenvalue weighted by atomic mass is 32.2. The fourth-order valence-electron chi connectivity index (χ4n) is 2.19. The van der Waals surface area contributed by atoms with Gasteiger partial charge in [0.1, 0.15) is 6.33 Å². The number of hydrogen-bond donors (Lipinski definition) is 0. The van der Waals surface area contributed by atoms with E-state index in [2.05, 4.69) is 53.2 Å². The number of amides is 1. The van der Waals surface area contributed by atoms with E-state index >= 15 is 0 Å². The van der Waals surface area contributed by atoms with Crippen LogP contribution in [-0.2, 0) is 11.3 Å². The fraction of sp³-hybridized carbons (Fsp3) is 0.471. The summed E-state index contributed by atoms with van der Waals surface area (Å²) in [5.41, 5.74) is 2.27. The van der Waals surface area contributed by atoms with Gasteiger partial charge in [-0.15, -0.1) is 10.2 Å². The van der Waals surface area contributed by atoms with E-state index in [-0.39, 0.29) is 11.9 Å². The third-order valence-corrected chi connectivity index (χ3v) is 4.66. The smallest absolute Gasteiger partial charge is 0.233 e. The zero-order valence-corrected chi connectivity index (χ0v) is 15.7. The normalized spacial score (nSPS) is 10.9. The Kier molecular flexibility index (Phi) is 6.25. The van der Waals surface area contributed by atoms with Gasteiger partial charge in [-0.3, -0.25) is 4.79 Å². The molecule has 1 amide bonds. The van der Waals surface area contributed by atoms with Gasteiger partial charge in [0.2, 0.25) is 5.91 Å². The van der Waals surface area contributed by atoms with Gasteiger partial charge in [0.05, 0.1) is 5.75 Å². The summed E-state index contributed by atoms with van der Waals surface area (Å²) in [4.78, 5) is 16.1. The lowest BCUT2D eigenvalue weighted by atomic mass is 10.2. The summed E-state index contributed by atoms with van der Waals surface area (Å²) in [5, 5.41) is 8.78. The van der Waals surface area contributed by atoms with E-state index in [1.807, 2.05) is 25.7 Å². The van der Waals surface area contributed by atoms with E-state index < -0.39 is 0 Å². The number of hydrogen-bond acceptors (Lipinski definition) is 5. The minimum atomic E-state index is 0.0787. The van der Waals surface area contributed by atoms with E-state index in [0.717, 1.165) is 16.4 Å². The number of nitrogens with zero attached hydrogens (tertiary/aromatic N) is 5. The minimum absolute atomic E-state index is 0.0787. The molecule has 24 heavy (non-hydrogen) atoms. The molecule has 7 heteroatoms. The average Bonchev–Trinajstić information content (AvgIpc) is 3.01. The third-order valence-electron chi connectivity index (χ3n) is 3.72. The highest BCUT2D eigenvalue weighted by Crippen LogP contribution is 2.19. The summed E-state index contributed by atoms with van der Waals surface area (Å²) in [6, 6.07) is 8.52. The molecule has 0 saturated heterocycles. The highest BCUT2D eigenvalue weighted by Gasteiger charge is 2.14. The van der Waals surface area contributed by atoms with Crippen LogP contribution in [0.1, 0.15) is 25.5 Å². The van der Waals surface area contributed by atoms with Crippen molar-refractivity contribution < 1.29 is 4.79 Å². The lowest BCUT2D eigenvalue weighted by molar-refractivity contribution is -0.127. The molecule has 0 aliphatic heterocycles. The van der Waals surface area contributed by atoms with Crippen molar-refractivity contribution in [3.8, 4) is 0 Å². The Bertz CT molecular complexity index is 666. The number of rotatable bonds is 7. The van der Waals surface area contributed by atoms with Crippen molar-refractivity contribution in [2.75, 3.05) is 31.8 Å². The van der Waals surface area contributed by atoms with Crippen molar-refractivity contribution in [1.82, 2.24) is 19.7 Å². The lowest BCUT2D eigenvalue weighted by Crippen LogP contribution is -2.28. The van der Waals surface area contributed by atoms with Crippen molar-refractivity contribution in [3.63, 3.8) is 0 Å². The molecule has 130 valence electrons. The molecule has 2 rings (SSSR count). The number of thioether (sulfide) groups is 1. The Hall–Kier alpha value is -2.02. The first kappa shape index (κ1) is 18.3. The zero-order valence-electron chi connectivity index (χ0n) is 14.9. The monoisotopic (exact) mass is 347 g/mol. The maximum atomic E-state index is 12.3. The molecule has 0 unspecified atom stereocenters. The third kappa shape index (κ3) is 4.74. The summed E-state index contributed by atoms with van der Waals surface area (Å²) >= 11 is 1.43. The largest absolute Gasteiger partial charge is 0.378 e. The van der Waals surface area contributed by atoms with Crippen LogP contribution in [0.3, 0.4) is 0 Å². The molecular formula is C17H25N5OS. The van der Waals surface area contributed by atoms with Gasteiger partial charge in [-0.05, 0) is 31.5 Å². The van der Waals surface area contributed by atoms with Crippen LogP contribution in [0.4, 0.5) is 5.69 Å². The SMILES string of the molecule is CC(C)n1cnnc1SCC(=O)N(C)Cc1ccc(N(C)C)cc1. The summed E-state index contributed by atoms with van der Waals surface area (Å²) in [6.07, 6.45) is 1.70. The first-order valence-corrected chi connectivity index (χ1v) is 8.89. The average molecular weight is 347 g/mol. The Balaban J connectivity index is 1.89. The molecule has 0 aliphatic rings. The van der Waals surface area contributed by atoms with Gasteiger partial charge in [0, 0.05) is 39.4 Å². The molecular weight excluding hydrogens is 322 g/mol. The number of aromatic nitrogens is 3. The quantitative estimate of drug-likeness (QED) is 0.721. The highest BCUT2D eigenvalue weighted by molar-refractivity contribution is 7.99. The molecule has 6 nitrogen and oxygen atoms in total. The van der Waals surface area contributed by atoms with Gasteiger partial charge < -0.3 is 14.4 Å². The number of benzene rings is 1. The van der Waals surface area contributed by atoms with Crippen molar-refractivity contribution >= 4 is 23.4 Å². The topological polar surface area (TPSA) is 54.3 Å². The van der Waals surface area contributed by atoms with Crippen LogP contribution in [0.15, 0.2) is 35.7 Å². The van der Waals surface area contributed by atoms with E-state index in [4.69, 9.17) is 0 Å².